The summed E-state index contributed by atoms with van der Waals surface area (Å²) in [7, 11) is 1.52. The summed E-state index contributed by atoms with van der Waals surface area (Å²) in [6, 6.07) is 9.34. The number of nitrogens with one attached hydrogen (secondary N) is 1. The van der Waals surface area contributed by atoms with Crippen molar-refractivity contribution in [3.8, 4) is 5.69 Å². The molecule has 1 aromatic carbocycles. The van der Waals surface area contributed by atoms with E-state index in [4.69, 9.17) is 0 Å². The molecule has 0 atom stereocenters. The number of aromatic nitrogens is 2. The fourth-order valence-electron chi connectivity index (χ4n) is 2.30. The molecule has 2 heterocycles. The molecule has 0 saturated carbocycles. The van der Waals surface area contributed by atoms with Crippen LogP contribution in [0.15, 0.2) is 39.9 Å². The zero-order valence-corrected chi connectivity index (χ0v) is 10.0. The van der Waals surface area contributed by atoms with Crippen LogP contribution >= 0.6 is 0 Å². The Morgan fingerprint density at radius 3 is 2.61 bits per heavy atom. The van der Waals surface area contributed by atoms with Crippen molar-refractivity contribution in [1.82, 2.24) is 9.13 Å². The normalized spacial score (nSPS) is 13.2. The number of hydrogen-bond donors (Lipinski definition) is 1. The van der Waals surface area contributed by atoms with E-state index in [1.807, 2.05) is 30.3 Å². The molecule has 0 bridgehead atoms. The van der Waals surface area contributed by atoms with Crippen LogP contribution < -0.4 is 16.6 Å². The molecule has 18 heavy (non-hydrogen) atoms. The smallest absolute Gasteiger partial charge is 0.336 e. The third kappa shape index (κ3) is 1.40. The zero-order chi connectivity index (χ0) is 12.7. The molecule has 1 aromatic heterocycles. The van der Waals surface area contributed by atoms with Gasteiger partial charge < -0.3 is 5.32 Å². The van der Waals surface area contributed by atoms with Crippen molar-refractivity contribution in [2.45, 2.75) is 6.42 Å². The van der Waals surface area contributed by atoms with Gasteiger partial charge >= 0.3 is 5.69 Å². The van der Waals surface area contributed by atoms with Gasteiger partial charge in [-0.2, -0.15) is 0 Å². The number of anilines is 1. The highest BCUT2D eigenvalue weighted by atomic mass is 16.2. The lowest BCUT2D eigenvalue weighted by Crippen LogP contribution is -2.39. The first kappa shape index (κ1) is 10.8. The van der Waals surface area contributed by atoms with Crippen LogP contribution in [0.2, 0.25) is 0 Å². The third-order valence-electron chi connectivity index (χ3n) is 3.23. The standard InChI is InChI=1S/C13H13N3O2/c1-15-12(17)10-7-8-14-11(10)16(13(15)18)9-5-3-2-4-6-9/h2-6,14H,7-8H2,1H3. The molecule has 0 amide bonds. The van der Waals surface area contributed by atoms with E-state index in [1.165, 1.54) is 11.6 Å². The summed E-state index contributed by atoms with van der Waals surface area (Å²) >= 11 is 0. The number of hydrogen-bond acceptors (Lipinski definition) is 3. The predicted octanol–water partition coefficient (Wildman–Crippen LogP) is 0.504. The molecule has 1 aliphatic rings. The number of fused-ring (bicyclic) bond motifs is 1. The maximum Gasteiger partial charge on any atom is 0.336 e. The minimum absolute atomic E-state index is 0.202. The second kappa shape index (κ2) is 3.87. The predicted molar refractivity (Wildman–Crippen MR) is 69.5 cm³/mol. The van der Waals surface area contributed by atoms with Crippen LogP contribution in [0.25, 0.3) is 5.69 Å². The highest BCUT2D eigenvalue weighted by molar-refractivity contribution is 5.54. The molecule has 92 valence electrons. The van der Waals surface area contributed by atoms with Crippen molar-refractivity contribution in [3.05, 3.63) is 56.7 Å². The highest BCUT2D eigenvalue weighted by Gasteiger charge is 2.22. The van der Waals surface area contributed by atoms with Crippen LogP contribution in [-0.4, -0.2) is 15.7 Å². The molecule has 0 radical (unpaired) electrons. The van der Waals surface area contributed by atoms with Gasteiger partial charge in [-0.3, -0.25) is 9.36 Å². The van der Waals surface area contributed by atoms with Gasteiger partial charge in [-0.05, 0) is 18.6 Å². The zero-order valence-electron chi connectivity index (χ0n) is 10.0. The molecular formula is C13H13N3O2. The monoisotopic (exact) mass is 243 g/mol. The van der Waals surface area contributed by atoms with Crippen LogP contribution in [0, 0.1) is 0 Å². The number of benzene rings is 1. The molecule has 2 aromatic rings. The third-order valence-corrected chi connectivity index (χ3v) is 3.23. The van der Waals surface area contributed by atoms with E-state index in [0.717, 1.165) is 5.69 Å². The average molecular weight is 243 g/mol. The first-order valence-corrected chi connectivity index (χ1v) is 5.84. The van der Waals surface area contributed by atoms with E-state index < -0.39 is 0 Å². The molecule has 0 unspecified atom stereocenters. The van der Waals surface area contributed by atoms with E-state index in [0.29, 0.717) is 24.3 Å². The van der Waals surface area contributed by atoms with Gasteiger partial charge in [0, 0.05) is 13.6 Å². The first-order chi connectivity index (χ1) is 8.70. The highest BCUT2D eigenvalue weighted by Crippen LogP contribution is 2.20. The maximum atomic E-state index is 12.2. The van der Waals surface area contributed by atoms with Gasteiger partial charge in [0.15, 0.2) is 0 Å². The van der Waals surface area contributed by atoms with E-state index in [1.54, 1.807) is 4.57 Å². The van der Waals surface area contributed by atoms with E-state index in [9.17, 15) is 9.59 Å². The van der Waals surface area contributed by atoms with Crippen LogP contribution in [0.5, 0.6) is 0 Å². The topological polar surface area (TPSA) is 56.0 Å². The fraction of sp³-hybridized carbons (Fsp3) is 0.231. The van der Waals surface area contributed by atoms with E-state index in [2.05, 4.69) is 5.32 Å². The summed E-state index contributed by atoms with van der Waals surface area (Å²) in [5.74, 6) is 0.634. The van der Waals surface area contributed by atoms with Crippen LogP contribution in [0.4, 0.5) is 5.82 Å². The lowest BCUT2D eigenvalue weighted by molar-refractivity contribution is 0.726. The minimum atomic E-state index is -0.320. The van der Waals surface area contributed by atoms with Crippen LogP contribution in [0.3, 0.4) is 0 Å². The quantitative estimate of drug-likeness (QED) is 0.793. The first-order valence-electron chi connectivity index (χ1n) is 5.84. The summed E-state index contributed by atoms with van der Waals surface area (Å²) in [5, 5.41) is 3.13. The average Bonchev–Trinajstić information content (AvgIpc) is 2.87. The van der Waals surface area contributed by atoms with Crippen LogP contribution in [-0.2, 0) is 13.5 Å². The van der Waals surface area contributed by atoms with E-state index >= 15 is 0 Å². The molecule has 1 aliphatic heterocycles. The summed E-state index contributed by atoms with van der Waals surface area (Å²) in [6.45, 7) is 0.695. The molecule has 5 nitrogen and oxygen atoms in total. The van der Waals surface area contributed by atoms with Crippen molar-refractivity contribution in [1.29, 1.82) is 0 Å². The van der Waals surface area contributed by atoms with Gasteiger partial charge in [-0.1, -0.05) is 18.2 Å². The molecule has 0 saturated heterocycles. The van der Waals surface area contributed by atoms with Gasteiger partial charge in [0.2, 0.25) is 0 Å². The fourth-order valence-corrected chi connectivity index (χ4v) is 2.30. The molecule has 0 aliphatic carbocycles. The second-order valence-electron chi connectivity index (χ2n) is 4.32. The lowest BCUT2D eigenvalue weighted by Gasteiger charge is -2.13. The molecule has 5 heteroatoms. The summed E-state index contributed by atoms with van der Waals surface area (Å²) in [6.07, 6.45) is 0.662. The van der Waals surface area contributed by atoms with Crippen molar-refractivity contribution >= 4 is 5.82 Å². The van der Waals surface area contributed by atoms with Crippen molar-refractivity contribution in [2.75, 3.05) is 11.9 Å². The van der Waals surface area contributed by atoms with Gasteiger partial charge in [0.05, 0.1) is 11.3 Å². The maximum absolute atomic E-state index is 12.2. The Balaban J connectivity index is 2.41. The Kier molecular flexibility index (Phi) is 2.33. The van der Waals surface area contributed by atoms with Gasteiger partial charge in [0.1, 0.15) is 5.82 Å². The summed E-state index contributed by atoms with van der Waals surface area (Å²) in [5.41, 5.74) is 0.927. The van der Waals surface area contributed by atoms with Crippen molar-refractivity contribution in [2.24, 2.45) is 7.05 Å². The van der Waals surface area contributed by atoms with Crippen LogP contribution in [0.1, 0.15) is 5.56 Å². The Morgan fingerprint density at radius 2 is 1.89 bits per heavy atom. The number of rotatable bonds is 1. The Morgan fingerprint density at radius 1 is 1.17 bits per heavy atom. The molecule has 3 rings (SSSR count). The van der Waals surface area contributed by atoms with Gasteiger partial charge in [-0.25, -0.2) is 9.36 Å². The molecule has 0 spiro atoms. The molecular weight excluding hydrogens is 230 g/mol. The number of para-hydroxylation sites is 1. The van der Waals surface area contributed by atoms with Crippen molar-refractivity contribution < 1.29 is 0 Å². The second-order valence-corrected chi connectivity index (χ2v) is 4.32. The van der Waals surface area contributed by atoms with E-state index in [-0.39, 0.29) is 11.2 Å². The summed E-state index contributed by atoms with van der Waals surface area (Å²) in [4.78, 5) is 24.2. The Bertz CT molecular complexity index is 713. The van der Waals surface area contributed by atoms with Crippen molar-refractivity contribution in [3.63, 3.8) is 0 Å². The van der Waals surface area contributed by atoms with Gasteiger partial charge in [-0.15, -0.1) is 0 Å². The molecule has 0 fully saturated rings. The Labute approximate surface area is 103 Å². The SMILES string of the molecule is Cn1c(=O)c2c(n(-c3ccccc3)c1=O)NCC2. The Hall–Kier alpha value is -2.30. The molecule has 1 N–H and O–H groups in total. The van der Waals surface area contributed by atoms with Gasteiger partial charge in [0.25, 0.3) is 5.56 Å². The number of nitrogens with zero attached hydrogens (tertiary/aromatic N) is 2. The summed E-state index contributed by atoms with van der Waals surface area (Å²) < 4.78 is 2.72. The largest absolute Gasteiger partial charge is 0.370 e. The lowest BCUT2D eigenvalue weighted by atomic mass is 10.2. The minimum Gasteiger partial charge on any atom is -0.370 e.